The summed E-state index contributed by atoms with van der Waals surface area (Å²) in [5.41, 5.74) is 5.31. The Morgan fingerprint density at radius 3 is 2.58 bits per heavy atom. The Morgan fingerprint density at radius 1 is 1.16 bits per heavy atom. The minimum absolute atomic E-state index is 0.00477. The van der Waals surface area contributed by atoms with Gasteiger partial charge in [-0.2, -0.15) is 0 Å². The van der Waals surface area contributed by atoms with Crippen molar-refractivity contribution in [3.8, 4) is 0 Å². The summed E-state index contributed by atoms with van der Waals surface area (Å²) >= 11 is 0. The third-order valence-electron chi connectivity index (χ3n) is 3.96. The van der Waals surface area contributed by atoms with Crippen LogP contribution in [0.4, 0.5) is 0 Å². The number of nitrogens with two attached hydrogens (primary N) is 1. The third kappa shape index (κ3) is 4.06. The van der Waals surface area contributed by atoms with E-state index in [1.54, 1.807) is 11.0 Å². The number of primary amides is 1. The predicted molar refractivity (Wildman–Crippen MR) is 73.3 cm³/mol. The fourth-order valence-electron chi connectivity index (χ4n) is 2.78. The van der Waals surface area contributed by atoms with Crippen molar-refractivity contribution in [3.63, 3.8) is 0 Å². The number of amides is 2. The number of piperidine rings is 1. The minimum atomic E-state index is -0.293. The zero-order valence-electron chi connectivity index (χ0n) is 11.4. The zero-order chi connectivity index (χ0) is 13.7. The monoisotopic (exact) mass is 265 g/mol. The largest absolute Gasteiger partial charge is 0.369 e. The standard InChI is InChI=1S/C14H23N3O2/c15-14(19)12-5-3-10-17(11-12)13(18)6-4-9-16-7-1-2-8-16/h4,6,12H,1-3,5,7-11H2,(H2,15,19)/b6-4+. The zero-order valence-corrected chi connectivity index (χ0v) is 11.4. The number of hydrogen-bond donors (Lipinski definition) is 1. The number of likely N-dealkylation sites (tertiary alicyclic amines) is 2. The van der Waals surface area contributed by atoms with Gasteiger partial charge in [-0.1, -0.05) is 6.08 Å². The maximum Gasteiger partial charge on any atom is 0.246 e. The molecule has 19 heavy (non-hydrogen) atoms. The van der Waals surface area contributed by atoms with Crippen molar-refractivity contribution >= 4 is 11.8 Å². The average Bonchev–Trinajstić information content (AvgIpc) is 2.92. The Hall–Kier alpha value is -1.36. The molecule has 0 saturated carbocycles. The van der Waals surface area contributed by atoms with Crippen molar-refractivity contribution in [1.82, 2.24) is 9.80 Å². The van der Waals surface area contributed by atoms with Gasteiger partial charge in [-0.3, -0.25) is 14.5 Å². The van der Waals surface area contributed by atoms with Crippen molar-refractivity contribution in [1.29, 1.82) is 0 Å². The number of rotatable bonds is 4. The second-order valence-corrected chi connectivity index (χ2v) is 5.44. The van der Waals surface area contributed by atoms with E-state index in [0.29, 0.717) is 6.54 Å². The lowest BCUT2D eigenvalue weighted by Crippen LogP contribution is -2.43. The van der Waals surface area contributed by atoms with Crippen LogP contribution in [0.5, 0.6) is 0 Å². The molecule has 0 aromatic heterocycles. The lowest BCUT2D eigenvalue weighted by atomic mass is 9.97. The van der Waals surface area contributed by atoms with Crippen LogP contribution >= 0.6 is 0 Å². The summed E-state index contributed by atoms with van der Waals surface area (Å²) in [7, 11) is 0. The van der Waals surface area contributed by atoms with Crippen LogP contribution in [0.1, 0.15) is 25.7 Å². The molecule has 2 aliphatic rings. The molecule has 0 bridgehead atoms. The first-order valence-corrected chi connectivity index (χ1v) is 7.14. The molecule has 0 radical (unpaired) electrons. The van der Waals surface area contributed by atoms with Crippen LogP contribution in [0.3, 0.4) is 0 Å². The van der Waals surface area contributed by atoms with E-state index in [1.165, 1.54) is 12.8 Å². The van der Waals surface area contributed by atoms with Crippen molar-refractivity contribution in [2.24, 2.45) is 11.7 Å². The molecule has 0 aromatic rings. The normalized spacial score (nSPS) is 25.1. The van der Waals surface area contributed by atoms with Crippen molar-refractivity contribution in [2.45, 2.75) is 25.7 Å². The molecule has 5 heteroatoms. The smallest absolute Gasteiger partial charge is 0.246 e. The van der Waals surface area contributed by atoms with Crippen molar-refractivity contribution in [3.05, 3.63) is 12.2 Å². The molecule has 2 amide bonds. The van der Waals surface area contributed by atoms with E-state index in [1.807, 2.05) is 6.08 Å². The topological polar surface area (TPSA) is 66.6 Å². The molecule has 2 rings (SSSR count). The Morgan fingerprint density at radius 2 is 1.89 bits per heavy atom. The quantitative estimate of drug-likeness (QED) is 0.746. The lowest BCUT2D eigenvalue weighted by Gasteiger charge is -2.30. The van der Waals surface area contributed by atoms with Gasteiger partial charge in [0, 0.05) is 25.7 Å². The summed E-state index contributed by atoms with van der Waals surface area (Å²) in [5.74, 6) is -0.464. The van der Waals surface area contributed by atoms with Gasteiger partial charge in [0.1, 0.15) is 0 Å². The van der Waals surface area contributed by atoms with E-state index in [-0.39, 0.29) is 17.7 Å². The SMILES string of the molecule is NC(=O)C1CCCN(C(=O)/C=C/CN2CCCC2)C1. The Labute approximate surface area is 114 Å². The van der Waals surface area contributed by atoms with Crippen molar-refractivity contribution in [2.75, 3.05) is 32.7 Å². The summed E-state index contributed by atoms with van der Waals surface area (Å²) in [4.78, 5) is 27.3. The van der Waals surface area contributed by atoms with Crippen LogP contribution in [-0.2, 0) is 9.59 Å². The van der Waals surface area contributed by atoms with Crippen LogP contribution in [0, 0.1) is 5.92 Å². The van der Waals surface area contributed by atoms with Gasteiger partial charge in [-0.25, -0.2) is 0 Å². The molecule has 1 atom stereocenters. The van der Waals surface area contributed by atoms with Gasteiger partial charge in [-0.05, 0) is 38.8 Å². The summed E-state index contributed by atoms with van der Waals surface area (Å²) < 4.78 is 0. The highest BCUT2D eigenvalue weighted by Crippen LogP contribution is 2.16. The van der Waals surface area contributed by atoms with Gasteiger partial charge in [0.15, 0.2) is 0 Å². The Bertz CT molecular complexity index is 362. The van der Waals surface area contributed by atoms with Gasteiger partial charge in [0.25, 0.3) is 0 Å². The molecular weight excluding hydrogens is 242 g/mol. The maximum atomic E-state index is 12.0. The molecule has 2 heterocycles. The molecular formula is C14H23N3O2. The minimum Gasteiger partial charge on any atom is -0.369 e. The molecule has 2 fully saturated rings. The number of carbonyl (C=O) groups excluding carboxylic acids is 2. The Kier molecular flexibility index (Phi) is 4.96. The first-order valence-electron chi connectivity index (χ1n) is 7.14. The molecule has 2 saturated heterocycles. The fourth-order valence-corrected chi connectivity index (χ4v) is 2.78. The lowest BCUT2D eigenvalue weighted by molar-refractivity contribution is -0.130. The van der Waals surface area contributed by atoms with Gasteiger partial charge in [0.2, 0.25) is 11.8 Å². The van der Waals surface area contributed by atoms with Gasteiger partial charge < -0.3 is 10.6 Å². The molecule has 2 N–H and O–H groups in total. The number of carbonyl (C=O) groups is 2. The second kappa shape index (κ2) is 6.70. The summed E-state index contributed by atoms with van der Waals surface area (Å²) in [6, 6.07) is 0. The highest BCUT2D eigenvalue weighted by atomic mass is 16.2. The number of hydrogen-bond acceptors (Lipinski definition) is 3. The molecule has 1 unspecified atom stereocenters. The summed E-state index contributed by atoms with van der Waals surface area (Å²) in [5, 5.41) is 0. The first-order chi connectivity index (χ1) is 9.16. The van der Waals surface area contributed by atoms with E-state index in [2.05, 4.69) is 4.90 Å². The van der Waals surface area contributed by atoms with Gasteiger partial charge >= 0.3 is 0 Å². The van der Waals surface area contributed by atoms with Crippen molar-refractivity contribution < 1.29 is 9.59 Å². The third-order valence-corrected chi connectivity index (χ3v) is 3.96. The first kappa shape index (κ1) is 14.1. The highest BCUT2D eigenvalue weighted by Gasteiger charge is 2.25. The Balaban J connectivity index is 1.78. The molecule has 0 spiro atoms. The van der Waals surface area contributed by atoms with E-state index in [0.717, 1.165) is 39.0 Å². The molecule has 2 aliphatic heterocycles. The average molecular weight is 265 g/mol. The molecule has 106 valence electrons. The van der Waals surface area contributed by atoms with Gasteiger partial charge in [0.05, 0.1) is 5.92 Å². The van der Waals surface area contributed by atoms with Crippen LogP contribution in [0.2, 0.25) is 0 Å². The molecule has 5 nitrogen and oxygen atoms in total. The molecule has 0 aliphatic carbocycles. The van der Waals surface area contributed by atoms with Crippen LogP contribution in [0.25, 0.3) is 0 Å². The van der Waals surface area contributed by atoms with E-state index in [9.17, 15) is 9.59 Å². The molecule has 0 aromatic carbocycles. The second-order valence-electron chi connectivity index (χ2n) is 5.44. The van der Waals surface area contributed by atoms with Crippen LogP contribution in [0.15, 0.2) is 12.2 Å². The van der Waals surface area contributed by atoms with E-state index < -0.39 is 0 Å². The fraction of sp³-hybridized carbons (Fsp3) is 0.714. The summed E-state index contributed by atoms with van der Waals surface area (Å²) in [6.45, 7) is 4.32. The van der Waals surface area contributed by atoms with E-state index in [4.69, 9.17) is 5.73 Å². The maximum absolute atomic E-state index is 12.0. The van der Waals surface area contributed by atoms with Crippen LogP contribution < -0.4 is 5.73 Å². The number of nitrogens with zero attached hydrogens (tertiary/aromatic N) is 2. The highest BCUT2D eigenvalue weighted by molar-refractivity contribution is 5.88. The van der Waals surface area contributed by atoms with E-state index >= 15 is 0 Å². The van der Waals surface area contributed by atoms with Crippen LogP contribution in [-0.4, -0.2) is 54.3 Å². The van der Waals surface area contributed by atoms with Gasteiger partial charge in [-0.15, -0.1) is 0 Å². The predicted octanol–water partition coefficient (Wildman–Crippen LogP) is 0.362. The summed E-state index contributed by atoms with van der Waals surface area (Å²) in [6.07, 6.45) is 7.75.